The van der Waals surface area contributed by atoms with Crippen LogP contribution in [-0.4, -0.2) is 36.5 Å². The lowest BCUT2D eigenvalue weighted by atomic mass is 10.2. The lowest BCUT2D eigenvalue weighted by Crippen LogP contribution is -2.30. The van der Waals surface area contributed by atoms with Gasteiger partial charge in [0.05, 0.1) is 47.0 Å². The molecule has 0 saturated carbocycles. The van der Waals surface area contributed by atoms with Crippen LogP contribution in [0.3, 0.4) is 0 Å². The van der Waals surface area contributed by atoms with E-state index in [0.29, 0.717) is 13.2 Å². The highest BCUT2D eigenvalue weighted by molar-refractivity contribution is 8.00. The Hall–Kier alpha value is -1.67. The molecule has 1 aromatic rings. The molecular weight excluding hydrogens is 277 g/mol. The SMILES string of the molecule is COC(=O)c1cc(SC2COC2)c([N+](=O)[O-])cc1F. The van der Waals surface area contributed by atoms with E-state index in [-0.39, 0.29) is 21.4 Å². The summed E-state index contributed by atoms with van der Waals surface area (Å²) in [5, 5.41) is 11.0. The Kier molecular flexibility index (Phi) is 4.01. The van der Waals surface area contributed by atoms with Crippen molar-refractivity contribution in [2.24, 2.45) is 0 Å². The lowest BCUT2D eigenvalue weighted by molar-refractivity contribution is -0.387. The van der Waals surface area contributed by atoms with Crippen LogP contribution in [0.25, 0.3) is 0 Å². The average molecular weight is 287 g/mol. The van der Waals surface area contributed by atoms with Crippen molar-refractivity contribution in [3.8, 4) is 0 Å². The minimum Gasteiger partial charge on any atom is -0.465 e. The number of hydrogen-bond acceptors (Lipinski definition) is 6. The van der Waals surface area contributed by atoms with Crippen LogP contribution in [0.5, 0.6) is 0 Å². The monoisotopic (exact) mass is 287 g/mol. The molecule has 2 rings (SSSR count). The predicted octanol–water partition coefficient (Wildman–Crippen LogP) is 2.01. The number of carbonyl (C=O) groups is 1. The summed E-state index contributed by atoms with van der Waals surface area (Å²) >= 11 is 1.19. The number of rotatable bonds is 4. The van der Waals surface area contributed by atoms with Gasteiger partial charge in [0.15, 0.2) is 0 Å². The number of carbonyl (C=O) groups excluding carboxylic acids is 1. The van der Waals surface area contributed by atoms with E-state index in [0.717, 1.165) is 19.2 Å². The molecule has 1 saturated heterocycles. The topological polar surface area (TPSA) is 78.7 Å². The summed E-state index contributed by atoms with van der Waals surface area (Å²) in [6.07, 6.45) is 0. The third-order valence-electron chi connectivity index (χ3n) is 2.55. The summed E-state index contributed by atoms with van der Waals surface area (Å²) in [7, 11) is 1.12. The highest BCUT2D eigenvalue weighted by Gasteiger charge is 2.27. The molecular formula is C11H10FNO5S. The van der Waals surface area contributed by atoms with Gasteiger partial charge < -0.3 is 9.47 Å². The molecule has 0 bridgehead atoms. The van der Waals surface area contributed by atoms with Crippen molar-refractivity contribution in [3.63, 3.8) is 0 Å². The second-order valence-electron chi connectivity index (χ2n) is 3.83. The first kappa shape index (κ1) is 13.8. The highest BCUT2D eigenvalue weighted by Crippen LogP contribution is 2.36. The number of hydrogen-bond donors (Lipinski definition) is 0. The van der Waals surface area contributed by atoms with Gasteiger partial charge in [-0.2, -0.15) is 0 Å². The fourth-order valence-corrected chi connectivity index (χ4v) is 2.64. The number of esters is 1. The zero-order valence-corrected chi connectivity index (χ0v) is 10.7. The molecule has 0 radical (unpaired) electrons. The minimum atomic E-state index is -0.965. The number of benzene rings is 1. The third kappa shape index (κ3) is 2.85. The minimum absolute atomic E-state index is 0.0784. The molecule has 0 amide bonds. The van der Waals surface area contributed by atoms with Crippen molar-refractivity contribution < 1.29 is 23.6 Å². The van der Waals surface area contributed by atoms with Crippen LogP contribution in [0.2, 0.25) is 0 Å². The van der Waals surface area contributed by atoms with Crippen LogP contribution < -0.4 is 0 Å². The van der Waals surface area contributed by atoms with Crippen molar-refractivity contribution in [1.82, 2.24) is 0 Å². The third-order valence-corrected chi connectivity index (χ3v) is 3.74. The number of methoxy groups -OCH3 is 1. The van der Waals surface area contributed by atoms with Gasteiger partial charge in [-0.05, 0) is 6.07 Å². The summed E-state index contributed by atoms with van der Waals surface area (Å²) in [4.78, 5) is 21.8. The van der Waals surface area contributed by atoms with Crippen molar-refractivity contribution >= 4 is 23.4 Å². The molecule has 0 spiro atoms. The molecule has 19 heavy (non-hydrogen) atoms. The van der Waals surface area contributed by atoms with E-state index < -0.39 is 16.7 Å². The van der Waals surface area contributed by atoms with Gasteiger partial charge in [0.1, 0.15) is 5.82 Å². The van der Waals surface area contributed by atoms with Crippen LogP contribution >= 0.6 is 11.8 Å². The van der Waals surface area contributed by atoms with E-state index in [1.165, 1.54) is 11.8 Å². The largest absolute Gasteiger partial charge is 0.465 e. The molecule has 0 unspecified atom stereocenters. The van der Waals surface area contributed by atoms with Gasteiger partial charge in [0, 0.05) is 0 Å². The second kappa shape index (κ2) is 5.54. The lowest BCUT2D eigenvalue weighted by Gasteiger charge is -2.25. The first-order valence-electron chi connectivity index (χ1n) is 5.33. The summed E-state index contributed by atoms with van der Waals surface area (Å²) in [5.74, 6) is -1.83. The van der Waals surface area contributed by atoms with Crippen LogP contribution in [-0.2, 0) is 9.47 Å². The van der Waals surface area contributed by atoms with Crippen molar-refractivity contribution in [2.45, 2.75) is 10.1 Å². The average Bonchev–Trinajstić information content (AvgIpc) is 2.33. The van der Waals surface area contributed by atoms with Gasteiger partial charge >= 0.3 is 5.97 Å². The van der Waals surface area contributed by atoms with Crippen LogP contribution in [0, 0.1) is 15.9 Å². The van der Waals surface area contributed by atoms with Crippen LogP contribution in [0.1, 0.15) is 10.4 Å². The smallest absolute Gasteiger partial charge is 0.340 e. The quantitative estimate of drug-likeness (QED) is 0.479. The molecule has 1 aliphatic rings. The molecule has 1 aliphatic heterocycles. The number of thioether (sulfide) groups is 1. The maximum absolute atomic E-state index is 13.6. The Balaban J connectivity index is 2.40. The van der Waals surface area contributed by atoms with E-state index in [1.807, 2.05) is 0 Å². The van der Waals surface area contributed by atoms with E-state index >= 15 is 0 Å². The van der Waals surface area contributed by atoms with Gasteiger partial charge in [0.25, 0.3) is 5.69 Å². The maximum atomic E-state index is 13.6. The van der Waals surface area contributed by atoms with Gasteiger partial charge in [-0.1, -0.05) is 0 Å². The zero-order chi connectivity index (χ0) is 14.0. The maximum Gasteiger partial charge on any atom is 0.340 e. The highest BCUT2D eigenvalue weighted by atomic mass is 32.2. The van der Waals surface area contributed by atoms with E-state index in [4.69, 9.17) is 4.74 Å². The Morgan fingerprint density at radius 3 is 2.74 bits per heavy atom. The van der Waals surface area contributed by atoms with Crippen molar-refractivity contribution in [2.75, 3.05) is 20.3 Å². The van der Waals surface area contributed by atoms with Gasteiger partial charge in [-0.15, -0.1) is 11.8 Å². The first-order valence-corrected chi connectivity index (χ1v) is 6.21. The Morgan fingerprint density at radius 2 is 2.26 bits per heavy atom. The molecule has 102 valence electrons. The number of nitro groups is 1. The van der Waals surface area contributed by atoms with Gasteiger partial charge in [-0.3, -0.25) is 10.1 Å². The van der Waals surface area contributed by atoms with Crippen molar-refractivity contribution in [3.05, 3.63) is 33.6 Å². The van der Waals surface area contributed by atoms with Crippen LogP contribution in [0.4, 0.5) is 10.1 Å². The van der Waals surface area contributed by atoms with E-state index in [1.54, 1.807) is 0 Å². The Labute approximate surface area is 112 Å². The van der Waals surface area contributed by atoms with Crippen molar-refractivity contribution in [1.29, 1.82) is 0 Å². The number of halogens is 1. The van der Waals surface area contributed by atoms with E-state index in [9.17, 15) is 19.3 Å². The normalized spacial score (nSPS) is 14.8. The number of ether oxygens (including phenoxy) is 2. The van der Waals surface area contributed by atoms with Gasteiger partial charge in [-0.25, -0.2) is 9.18 Å². The standard InChI is InChI=1S/C11H10FNO5S/c1-17-11(14)7-2-10(19-6-4-18-5-6)9(13(15)16)3-8(7)12/h2-3,6H,4-5H2,1H3. The first-order chi connectivity index (χ1) is 9.02. The van der Waals surface area contributed by atoms with Gasteiger partial charge in [0.2, 0.25) is 0 Å². The molecule has 1 aromatic carbocycles. The Bertz CT molecular complexity index is 532. The summed E-state index contributed by atoms with van der Waals surface area (Å²) in [6.45, 7) is 0.958. The van der Waals surface area contributed by atoms with Crippen LogP contribution in [0.15, 0.2) is 17.0 Å². The molecule has 0 atom stereocenters. The molecule has 0 aromatic heterocycles. The number of nitro benzene ring substituents is 1. The summed E-state index contributed by atoms with van der Waals surface area (Å²) < 4.78 is 23.0. The number of nitrogens with zero attached hydrogens (tertiary/aromatic N) is 1. The predicted molar refractivity (Wildman–Crippen MR) is 64.9 cm³/mol. The zero-order valence-electron chi connectivity index (χ0n) is 9.92. The molecule has 8 heteroatoms. The molecule has 0 aliphatic carbocycles. The fourth-order valence-electron chi connectivity index (χ4n) is 1.51. The summed E-state index contributed by atoms with van der Waals surface area (Å²) in [5.41, 5.74) is -0.669. The molecule has 1 fully saturated rings. The molecule has 0 N–H and O–H groups in total. The fraction of sp³-hybridized carbons (Fsp3) is 0.364. The summed E-state index contributed by atoms with van der Waals surface area (Å²) in [6, 6.07) is 1.90. The second-order valence-corrected chi connectivity index (χ2v) is 5.17. The Morgan fingerprint density at radius 1 is 1.58 bits per heavy atom. The van der Waals surface area contributed by atoms with E-state index in [2.05, 4.69) is 4.74 Å². The molecule has 1 heterocycles. The molecule has 6 nitrogen and oxygen atoms in total.